The summed E-state index contributed by atoms with van der Waals surface area (Å²) in [7, 11) is 0. The summed E-state index contributed by atoms with van der Waals surface area (Å²) in [4.78, 5) is 24.0. The Kier molecular flexibility index (Phi) is 6.76. The smallest absolute Gasteiger partial charge is 0.305 e. The van der Waals surface area contributed by atoms with Gasteiger partial charge in [0, 0.05) is 6.42 Å². The van der Waals surface area contributed by atoms with Crippen LogP contribution >= 0.6 is 0 Å². The molecule has 2 aromatic rings. The van der Waals surface area contributed by atoms with Gasteiger partial charge in [-0.1, -0.05) is 32.6 Å². The highest BCUT2D eigenvalue weighted by atomic mass is 16.6. The quantitative estimate of drug-likeness (QED) is 0.418. The lowest BCUT2D eigenvalue weighted by Crippen LogP contribution is -2.34. The molecule has 0 spiro atoms. The molecule has 0 aromatic carbocycles. The summed E-state index contributed by atoms with van der Waals surface area (Å²) >= 11 is 0. The predicted octanol–water partition coefficient (Wildman–Crippen LogP) is 0.931. The Morgan fingerprint density at radius 1 is 1.21 bits per heavy atom. The summed E-state index contributed by atoms with van der Waals surface area (Å²) in [5, 5.41) is 20.7. The van der Waals surface area contributed by atoms with E-state index in [1.54, 1.807) is 0 Å². The van der Waals surface area contributed by atoms with E-state index >= 15 is 0 Å². The highest BCUT2D eigenvalue weighted by Gasteiger charge is 2.44. The first-order valence-electron chi connectivity index (χ1n) is 9.63. The maximum Gasteiger partial charge on any atom is 0.305 e. The Labute approximate surface area is 162 Å². The number of nitrogen functional groups attached to an aromatic ring is 1. The molecule has 1 aliphatic heterocycles. The molecule has 3 heterocycles. The van der Waals surface area contributed by atoms with Gasteiger partial charge < -0.3 is 25.4 Å². The van der Waals surface area contributed by atoms with E-state index in [0.29, 0.717) is 17.6 Å². The minimum atomic E-state index is -1.23. The summed E-state index contributed by atoms with van der Waals surface area (Å²) < 4.78 is 12.4. The van der Waals surface area contributed by atoms with Crippen molar-refractivity contribution in [2.24, 2.45) is 0 Å². The Morgan fingerprint density at radius 3 is 2.79 bits per heavy atom. The molecule has 1 aliphatic rings. The zero-order chi connectivity index (χ0) is 20.1. The molecular formula is C18H27N5O5. The van der Waals surface area contributed by atoms with E-state index in [2.05, 4.69) is 21.9 Å². The van der Waals surface area contributed by atoms with Crippen LogP contribution in [0.1, 0.15) is 51.7 Å². The SMILES string of the molecule is CCCCCCCC(=O)OC[C@H]1O[C@@H](n2cnc3c(N)ncnc32)[C@H](O)[C@@H]1O. The number of aromatic nitrogens is 4. The van der Waals surface area contributed by atoms with E-state index in [1.807, 2.05) is 0 Å². The number of fused-ring (bicyclic) bond motifs is 1. The third-order valence-electron chi connectivity index (χ3n) is 4.89. The molecule has 4 atom stereocenters. The Balaban J connectivity index is 1.55. The number of nitrogens with two attached hydrogens (primary N) is 1. The van der Waals surface area contributed by atoms with E-state index in [0.717, 1.165) is 32.1 Å². The van der Waals surface area contributed by atoms with E-state index in [9.17, 15) is 15.0 Å². The fraction of sp³-hybridized carbons (Fsp3) is 0.667. The van der Waals surface area contributed by atoms with E-state index < -0.39 is 24.5 Å². The van der Waals surface area contributed by atoms with Crippen LogP contribution in [0.25, 0.3) is 11.2 Å². The molecule has 1 fully saturated rings. The average Bonchev–Trinajstić information content (AvgIpc) is 3.23. The number of imidazole rings is 1. The van der Waals surface area contributed by atoms with Gasteiger partial charge in [0.25, 0.3) is 0 Å². The van der Waals surface area contributed by atoms with Gasteiger partial charge in [-0.3, -0.25) is 9.36 Å². The minimum absolute atomic E-state index is 0.133. The third-order valence-corrected chi connectivity index (χ3v) is 4.89. The second kappa shape index (κ2) is 9.26. The maximum atomic E-state index is 11.9. The number of aliphatic hydroxyl groups excluding tert-OH is 2. The van der Waals surface area contributed by atoms with Gasteiger partial charge in [-0.15, -0.1) is 0 Å². The topological polar surface area (TPSA) is 146 Å². The van der Waals surface area contributed by atoms with E-state index in [-0.39, 0.29) is 18.4 Å². The number of rotatable bonds is 9. The van der Waals surface area contributed by atoms with Crippen molar-refractivity contribution in [2.45, 2.75) is 70.0 Å². The van der Waals surface area contributed by atoms with Crippen LogP contribution in [0.15, 0.2) is 12.7 Å². The number of ether oxygens (including phenoxy) is 2. The number of nitrogens with zero attached hydrogens (tertiary/aromatic N) is 4. The number of anilines is 1. The number of hydrogen-bond acceptors (Lipinski definition) is 9. The van der Waals surface area contributed by atoms with Gasteiger partial charge in [-0.05, 0) is 6.42 Å². The average molecular weight is 393 g/mol. The second-order valence-electron chi connectivity index (χ2n) is 6.98. The van der Waals surface area contributed by atoms with Crippen molar-refractivity contribution in [3.63, 3.8) is 0 Å². The standard InChI is InChI=1S/C18H27N5O5/c1-2-3-4-5-6-7-12(24)27-8-11-14(25)15(26)18(28-11)23-10-22-13-16(19)20-9-21-17(13)23/h9-11,14-15,18,25-26H,2-8H2,1H3,(H2,19,20,21)/t11-,14-,15-,18-/m1/s1. The Morgan fingerprint density at radius 2 is 2.00 bits per heavy atom. The highest BCUT2D eigenvalue weighted by Crippen LogP contribution is 2.32. The molecular weight excluding hydrogens is 366 g/mol. The molecule has 0 amide bonds. The van der Waals surface area contributed by atoms with Crippen LogP contribution in [0.4, 0.5) is 5.82 Å². The number of hydrogen-bond donors (Lipinski definition) is 3. The lowest BCUT2D eigenvalue weighted by molar-refractivity contribution is -0.150. The molecule has 3 rings (SSSR count). The number of unbranched alkanes of at least 4 members (excludes halogenated alkanes) is 4. The van der Waals surface area contributed by atoms with Gasteiger partial charge >= 0.3 is 5.97 Å². The molecule has 0 unspecified atom stereocenters. The molecule has 0 radical (unpaired) electrons. The van der Waals surface area contributed by atoms with Crippen LogP contribution in [-0.2, 0) is 14.3 Å². The van der Waals surface area contributed by atoms with Gasteiger partial charge in [0.05, 0.1) is 6.33 Å². The number of carbonyl (C=O) groups is 1. The normalized spacial score (nSPS) is 24.7. The molecule has 10 heteroatoms. The van der Waals surface area contributed by atoms with Crippen LogP contribution < -0.4 is 5.73 Å². The van der Waals surface area contributed by atoms with Crippen LogP contribution in [-0.4, -0.2) is 60.6 Å². The fourth-order valence-electron chi connectivity index (χ4n) is 3.27. The van der Waals surface area contributed by atoms with Crippen LogP contribution in [0.2, 0.25) is 0 Å². The molecule has 28 heavy (non-hydrogen) atoms. The third kappa shape index (κ3) is 4.40. The fourth-order valence-corrected chi connectivity index (χ4v) is 3.27. The van der Waals surface area contributed by atoms with E-state index in [4.69, 9.17) is 15.2 Å². The summed E-state index contributed by atoms with van der Waals surface area (Å²) in [6, 6.07) is 0. The zero-order valence-electron chi connectivity index (χ0n) is 15.9. The van der Waals surface area contributed by atoms with Crippen molar-refractivity contribution in [2.75, 3.05) is 12.3 Å². The van der Waals surface area contributed by atoms with Crippen molar-refractivity contribution < 1.29 is 24.5 Å². The lowest BCUT2D eigenvalue weighted by atomic mass is 10.1. The van der Waals surface area contributed by atoms with Crippen LogP contribution in [0.5, 0.6) is 0 Å². The van der Waals surface area contributed by atoms with E-state index in [1.165, 1.54) is 17.2 Å². The minimum Gasteiger partial charge on any atom is -0.463 e. The summed E-state index contributed by atoms with van der Waals surface area (Å²) in [6.07, 6.45) is 4.01. The largest absolute Gasteiger partial charge is 0.463 e. The molecule has 1 saturated heterocycles. The number of carbonyl (C=O) groups excluding carboxylic acids is 1. The zero-order valence-corrected chi connectivity index (χ0v) is 15.9. The molecule has 0 aliphatic carbocycles. The lowest BCUT2D eigenvalue weighted by Gasteiger charge is -2.16. The van der Waals surface area contributed by atoms with Crippen LogP contribution in [0.3, 0.4) is 0 Å². The van der Waals surface area contributed by atoms with Gasteiger partial charge in [0.2, 0.25) is 0 Å². The molecule has 0 bridgehead atoms. The Hall–Kier alpha value is -2.30. The Bertz CT molecular complexity index is 798. The highest BCUT2D eigenvalue weighted by molar-refractivity contribution is 5.81. The molecule has 2 aromatic heterocycles. The summed E-state index contributed by atoms with van der Waals surface area (Å²) in [5.74, 6) is -0.125. The first-order chi connectivity index (χ1) is 13.5. The van der Waals surface area contributed by atoms with Gasteiger partial charge in [0.1, 0.15) is 36.8 Å². The van der Waals surface area contributed by atoms with Gasteiger partial charge in [-0.2, -0.15) is 0 Å². The summed E-state index contributed by atoms with van der Waals surface area (Å²) in [5.41, 5.74) is 6.53. The first kappa shape index (κ1) is 20.4. The van der Waals surface area contributed by atoms with Crippen molar-refractivity contribution in [3.05, 3.63) is 12.7 Å². The van der Waals surface area contributed by atoms with Gasteiger partial charge in [-0.25, -0.2) is 15.0 Å². The van der Waals surface area contributed by atoms with Gasteiger partial charge in [0.15, 0.2) is 17.7 Å². The molecule has 154 valence electrons. The summed E-state index contributed by atoms with van der Waals surface area (Å²) in [6.45, 7) is 2.00. The first-order valence-corrected chi connectivity index (χ1v) is 9.63. The molecule has 4 N–H and O–H groups in total. The monoisotopic (exact) mass is 393 g/mol. The number of aliphatic hydroxyl groups is 2. The van der Waals surface area contributed by atoms with Crippen LogP contribution in [0, 0.1) is 0 Å². The number of esters is 1. The van der Waals surface area contributed by atoms with Crippen molar-refractivity contribution in [3.8, 4) is 0 Å². The van der Waals surface area contributed by atoms with Crippen molar-refractivity contribution >= 4 is 23.0 Å². The van der Waals surface area contributed by atoms with Crippen molar-refractivity contribution in [1.29, 1.82) is 0 Å². The predicted molar refractivity (Wildman–Crippen MR) is 100.0 cm³/mol. The molecule has 0 saturated carbocycles. The second-order valence-corrected chi connectivity index (χ2v) is 6.98. The molecule has 10 nitrogen and oxygen atoms in total. The van der Waals surface area contributed by atoms with Crippen molar-refractivity contribution in [1.82, 2.24) is 19.5 Å². The maximum absolute atomic E-state index is 11.9.